The Balaban J connectivity index is 2.15. The SMILES string of the molecule is CCOc1ccc(CN(C)C(=O)c2nccnc2N)cc1OC. The number of nitrogens with zero attached hydrogens (tertiary/aromatic N) is 3. The highest BCUT2D eigenvalue weighted by Gasteiger charge is 2.17. The molecule has 1 aromatic carbocycles. The average Bonchev–Trinajstić information content (AvgIpc) is 2.56. The summed E-state index contributed by atoms with van der Waals surface area (Å²) in [5.41, 5.74) is 6.75. The molecule has 0 aliphatic heterocycles. The van der Waals surface area contributed by atoms with E-state index in [1.54, 1.807) is 14.2 Å². The predicted octanol–water partition coefficient (Wildman–Crippen LogP) is 1.74. The van der Waals surface area contributed by atoms with Crippen LogP contribution in [0.3, 0.4) is 0 Å². The monoisotopic (exact) mass is 316 g/mol. The van der Waals surface area contributed by atoms with Gasteiger partial charge in [-0.15, -0.1) is 0 Å². The lowest BCUT2D eigenvalue weighted by Crippen LogP contribution is -2.28. The fourth-order valence-electron chi connectivity index (χ4n) is 2.13. The minimum atomic E-state index is -0.288. The Morgan fingerprint density at radius 1 is 1.26 bits per heavy atom. The highest BCUT2D eigenvalue weighted by atomic mass is 16.5. The number of aromatic nitrogens is 2. The van der Waals surface area contributed by atoms with Crippen molar-refractivity contribution in [3.63, 3.8) is 0 Å². The van der Waals surface area contributed by atoms with E-state index in [-0.39, 0.29) is 17.4 Å². The number of nitrogens with two attached hydrogens (primary N) is 1. The maximum absolute atomic E-state index is 12.4. The number of anilines is 1. The molecule has 1 aromatic heterocycles. The lowest BCUT2D eigenvalue weighted by Gasteiger charge is -2.18. The average molecular weight is 316 g/mol. The standard InChI is InChI=1S/C16H20N4O3/c1-4-23-12-6-5-11(9-13(12)22-3)10-20(2)16(21)14-15(17)19-8-7-18-14/h5-9H,4,10H2,1-3H3,(H2,17,19). The number of hydrogen-bond acceptors (Lipinski definition) is 6. The molecule has 0 aliphatic carbocycles. The summed E-state index contributed by atoms with van der Waals surface area (Å²) >= 11 is 0. The number of ether oxygens (including phenoxy) is 2. The van der Waals surface area contributed by atoms with Crippen LogP contribution in [0.5, 0.6) is 11.5 Å². The molecule has 0 aliphatic rings. The van der Waals surface area contributed by atoms with Crippen LogP contribution in [0.4, 0.5) is 5.82 Å². The molecule has 1 amide bonds. The lowest BCUT2D eigenvalue weighted by molar-refractivity contribution is 0.0780. The number of nitrogen functional groups attached to an aromatic ring is 1. The first-order valence-electron chi connectivity index (χ1n) is 7.18. The van der Waals surface area contributed by atoms with Gasteiger partial charge >= 0.3 is 0 Å². The van der Waals surface area contributed by atoms with Crippen molar-refractivity contribution in [1.82, 2.24) is 14.9 Å². The summed E-state index contributed by atoms with van der Waals surface area (Å²) in [5, 5.41) is 0. The van der Waals surface area contributed by atoms with Gasteiger partial charge in [-0.1, -0.05) is 6.07 Å². The molecule has 0 bridgehead atoms. The van der Waals surface area contributed by atoms with Crippen LogP contribution in [0, 0.1) is 0 Å². The molecule has 0 fully saturated rings. The van der Waals surface area contributed by atoms with Crippen LogP contribution < -0.4 is 15.2 Å². The number of rotatable bonds is 6. The number of carbonyl (C=O) groups excluding carboxylic acids is 1. The molecule has 1 heterocycles. The zero-order chi connectivity index (χ0) is 16.8. The van der Waals surface area contributed by atoms with Crippen LogP contribution in [0.1, 0.15) is 23.0 Å². The van der Waals surface area contributed by atoms with Crippen LogP contribution in [-0.2, 0) is 6.54 Å². The molecule has 0 saturated carbocycles. The molecule has 23 heavy (non-hydrogen) atoms. The number of amides is 1. The van der Waals surface area contributed by atoms with Crippen LogP contribution in [-0.4, -0.2) is 41.5 Å². The number of methoxy groups -OCH3 is 1. The fourth-order valence-corrected chi connectivity index (χ4v) is 2.13. The maximum Gasteiger partial charge on any atom is 0.276 e. The second-order valence-electron chi connectivity index (χ2n) is 4.87. The molecule has 2 rings (SSSR count). The Labute approximate surface area is 135 Å². The topological polar surface area (TPSA) is 90.6 Å². The number of carbonyl (C=O) groups is 1. The largest absolute Gasteiger partial charge is 0.493 e. The van der Waals surface area contributed by atoms with E-state index in [0.717, 1.165) is 5.56 Å². The minimum Gasteiger partial charge on any atom is -0.493 e. The molecule has 0 spiro atoms. The Morgan fingerprint density at radius 2 is 2.00 bits per heavy atom. The van der Waals surface area contributed by atoms with Crippen molar-refractivity contribution in [2.45, 2.75) is 13.5 Å². The van der Waals surface area contributed by atoms with Crippen LogP contribution in [0.15, 0.2) is 30.6 Å². The van der Waals surface area contributed by atoms with Gasteiger partial charge in [0.05, 0.1) is 13.7 Å². The summed E-state index contributed by atoms with van der Waals surface area (Å²) in [6, 6.07) is 5.55. The zero-order valence-electron chi connectivity index (χ0n) is 13.4. The summed E-state index contributed by atoms with van der Waals surface area (Å²) in [6.07, 6.45) is 2.89. The maximum atomic E-state index is 12.4. The Hall–Kier alpha value is -2.83. The van der Waals surface area contributed by atoms with Gasteiger partial charge in [0.2, 0.25) is 0 Å². The zero-order valence-corrected chi connectivity index (χ0v) is 13.4. The number of hydrogen-bond donors (Lipinski definition) is 1. The normalized spacial score (nSPS) is 10.2. The summed E-state index contributed by atoms with van der Waals surface area (Å²) in [5.74, 6) is 1.13. The van der Waals surface area contributed by atoms with Crippen molar-refractivity contribution >= 4 is 11.7 Å². The fraction of sp³-hybridized carbons (Fsp3) is 0.312. The third-order valence-electron chi connectivity index (χ3n) is 3.22. The van der Waals surface area contributed by atoms with Crippen molar-refractivity contribution in [2.75, 3.05) is 26.5 Å². The molecule has 2 aromatic rings. The van der Waals surface area contributed by atoms with Gasteiger partial charge in [-0.3, -0.25) is 4.79 Å². The third kappa shape index (κ3) is 3.88. The van der Waals surface area contributed by atoms with E-state index in [4.69, 9.17) is 15.2 Å². The third-order valence-corrected chi connectivity index (χ3v) is 3.22. The van der Waals surface area contributed by atoms with Crippen LogP contribution in [0.25, 0.3) is 0 Å². The lowest BCUT2D eigenvalue weighted by atomic mass is 10.2. The molecule has 0 atom stereocenters. The minimum absolute atomic E-state index is 0.119. The second kappa shape index (κ2) is 7.44. The summed E-state index contributed by atoms with van der Waals surface area (Å²) in [6.45, 7) is 2.85. The van der Waals surface area contributed by atoms with Gasteiger partial charge in [0, 0.05) is 26.0 Å². The van der Waals surface area contributed by atoms with Gasteiger partial charge in [-0.05, 0) is 24.6 Å². The molecule has 0 unspecified atom stereocenters. The second-order valence-corrected chi connectivity index (χ2v) is 4.87. The van der Waals surface area contributed by atoms with Crippen LogP contribution >= 0.6 is 0 Å². The van der Waals surface area contributed by atoms with Crippen molar-refractivity contribution in [1.29, 1.82) is 0 Å². The molecule has 2 N–H and O–H groups in total. The molecule has 7 heteroatoms. The summed E-state index contributed by atoms with van der Waals surface area (Å²) in [4.78, 5) is 21.8. The molecular formula is C16H20N4O3. The van der Waals surface area contributed by atoms with E-state index >= 15 is 0 Å². The van der Waals surface area contributed by atoms with E-state index in [1.807, 2.05) is 25.1 Å². The highest BCUT2D eigenvalue weighted by Crippen LogP contribution is 2.28. The van der Waals surface area contributed by atoms with Crippen molar-refractivity contribution in [2.24, 2.45) is 0 Å². The van der Waals surface area contributed by atoms with Crippen molar-refractivity contribution in [3.8, 4) is 11.5 Å². The Morgan fingerprint density at radius 3 is 2.65 bits per heavy atom. The van der Waals surface area contributed by atoms with Crippen molar-refractivity contribution in [3.05, 3.63) is 41.9 Å². The van der Waals surface area contributed by atoms with Gasteiger partial charge in [0.25, 0.3) is 5.91 Å². The van der Waals surface area contributed by atoms with E-state index < -0.39 is 0 Å². The summed E-state index contributed by atoms with van der Waals surface area (Å²) in [7, 11) is 3.26. The smallest absolute Gasteiger partial charge is 0.276 e. The van der Waals surface area contributed by atoms with Gasteiger partial charge in [0.1, 0.15) is 0 Å². The Bertz CT molecular complexity index is 691. The van der Waals surface area contributed by atoms with E-state index in [1.165, 1.54) is 17.3 Å². The molecule has 0 radical (unpaired) electrons. The predicted molar refractivity (Wildman–Crippen MR) is 86.4 cm³/mol. The molecule has 0 saturated heterocycles. The Kier molecular flexibility index (Phi) is 5.35. The first-order valence-corrected chi connectivity index (χ1v) is 7.18. The van der Waals surface area contributed by atoms with Crippen molar-refractivity contribution < 1.29 is 14.3 Å². The van der Waals surface area contributed by atoms with Gasteiger partial charge in [-0.25, -0.2) is 9.97 Å². The first kappa shape index (κ1) is 16.5. The van der Waals surface area contributed by atoms with Crippen LogP contribution in [0.2, 0.25) is 0 Å². The quantitative estimate of drug-likeness (QED) is 0.873. The number of benzene rings is 1. The first-order chi connectivity index (χ1) is 11.1. The molecule has 7 nitrogen and oxygen atoms in total. The molecular weight excluding hydrogens is 296 g/mol. The highest BCUT2D eigenvalue weighted by molar-refractivity contribution is 5.96. The van der Waals surface area contributed by atoms with E-state index in [2.05, 4.69) is 9.97 Å². The van der Waals surface area contributed by atoms with Gasteiger partial charge in [-0.2, -0.15) is 0 Å². The van der Waals surface area contributed by atoms with Gasteiger partial charge in [0.15, 0.2) is 23.0 Å². The molecule has 122 valence electrons. The summed E-state index contributed by atoms with van der Waals surface area (Å²) < 4.78 is 10.8. The van der Waals surface area contributed by atoms with E-state index in [0.29, 0.717) is 24.7 Å². The van der Waals surface area contributed by atoms with Gasteiger partial charge < -0.3 is 20.1 Å². The van der Waals surface area contributed by atoms with E-state index in [9.17, 15) is 4.79 Å².